The Morgan fingerprint density at radius 2 is 1.69 bits per heavy atom. The molecule has 5 rings (SSSR count). The van der Waals surface area contributed by atoms with Crippen LogP contribution in [0.2, 0.25) is 0 Å². The Hall–Kier alpha value is -3.06. The lowest BCUT2D eigenvalue weighted by molar-refractivity contribution is 0.819. The summed E-state index contributed by atoms with van der Waals surface area (Å²) in [5, 5.41) is 0. The molecule has 126 valence electrons. The molecule has 0 radical (unpaired) electrons. The molecule has 1 heteroatoms. The van der Waals surface area contributed by atoms with Gasteiger partial charge >= 0.3 is 0 Å². The number of para-hydroxylation sites is 1. The minimum atomic E-state index is 0.460. The number of benzene rings is 3. The van der Waals surface area contributed by atoms with Crippen LogP contribution in [0.1, 0.15) is 23.5 Å². The van der Waals surface area contributed by atoms with E-state index in [4.69, 9.17) is 0 Å². The first-order valence-corrected chi connectivity index (χ1v) is 9.24. The summed E-state index contributed by atoms with van der Waals surface area (Å²) < 4.78 is 0. The summed E-state index contributed by atoms with van der Waals surface area (Å²) in [5.74, 6) is 0.460. The van der Waals surface area contributed by atoms with Crippen molar-refractivity contribution in [2.45, 2.75) is 19.3 Å². The predicted octanol–water partition coefficient (Wildman–Crippen LogP) is 6.74. The van der Waals surface area contributed by atoms with Crippen molar-refractivity contribution in [3.63, 3.8) is 0 Å². The van der Waals surface area contributed by atoms with E-state index in [9.17, 15) is 0 Å². The highest BCUT2D eigenvalue weighted by Crippen LogP contribution is 2.51. The molecule has 0 saturated heterocycles. The molecule has 0 spiro atoms. The largest absolute Gasteiger partial charge is 0.313 e. The number of aryl methyl sites for hydroxylation is 1. The average molecular weight is 335 g/mol. The highest BCUT2D eigenvalue weighted by atomic mass is 15.2. The van der Waals surface area contributed by atoms with Crippen molar-refractivity contribution in [1.82, 2.24) is 0 Å². The molecular formula is C25H21N. The Labute approximate surface area is 154 Å². The lowest BCUT2D eigenvalue weighted by Gasteiger charge is -2.24. The van der Waals surface area contributed by atoms with Crippen LogP contribution in [0.4, 0.5) is 11.4 Å². The van der Waals surface area contributed by atoms with E-state index in [1.807, 2.05) is 0 Å². The maximum atomic E-state index is 2.43. The van der Waals surface area contributed by atoms with Crippen LogP contribution < -0.4 is 4.90 Å². The van der Waals surface area contributed by atoms with E-state index in [0.717, 1.165) is 6.42 Å². The monoisotopic (exact) mass is 335 g/mol. The zero-order valence-electron chi connectivity index (χ0n) is 14.9. The molecule has 1 unspecified atom stereocenters. The van der Waals surface area contributed by atoms with Gasteiger partial charge in [-0.15, -0.1) is 0 Å². The van der Waals surface area contributed by atoms with E-state index in [1.165, 1.54) is 39.3 Å². The van der Waals surface area contributed by atoms with Crippen molar-refractivity contribution in [2.75, 3.05) is 4.90 Å². The average Bonchev–Trinajstić information content (AvgIpc) is 3.02. The fourth-order valence-electron chi connectivity index (χ4n) is 4.18. The molecule has 1 aliphatic carbocycles. The van der Waals surface area contributed by atoms with Gasteiger partial charge in [-0.2, -0.15) is 0 Å². The lowest BCUT2D eigenvalue weighted by atomic mass is 9.91. The van der Waals surface area contributed by atoms with Crippen LogP contribution in [0.15, 0.2) is 96.7 Å². The normalized spacial score (nSPS) is 17.7. The fourth-order valence-corrected chi connectivity index (χ4v) is 4.18. The van der Waals surface area contributed by atoms with Crippen LogP contribution in [0, 0.1) is 6.92 Å². The maximum Gasteiger partial charge on any atom is 0.0503 e. The predicted molar refractivity (Wildman–Crippen MR) is 110 cm³/mol. The van der Waals surface area contributed by atoms with E-state index in [0.29, 0.717) is 5.92 Å². The molecule has 1 heterocycles. The Morgan fingerprint density at radius 1 is 0.846 bits per heavy atom. The van der Waals surface area contributed by atoms with Crippen LogP contribution >= 0.6 is 0 Å². The number of hydrogen-bond acceptors (Lipinski definition) is 1. The third-order valence-electron chi connectivity index (χ3n) is 5.40. The standard InChI is InChI=1S/C25H21N/c1-18-8-7-9-19(16-18)20-14-15-23-22-12-5-6-13-24(22)26(25(23)17-20)21-10-3-2-4-11-21/h2-11,13-17,22H,12H2,1H3. The van der Waals surface area contributed by atoms with Gasteiger partial charge in [-0.1, -0.05) is 72.3 Å². The quantitative estimate of drug-likeness (QED) is 0.501. The number of rotatable bonds is 2. The minimum absolute atomic E-state index is 0.460. The topological polar surface area (TPSA) is 3.24 Å². The third-order valence-corrected chi connectivity index (χ3v) is 5.40. The highest BCUT2D eigenvalue weighted by Gasteiger charge is 2.34. The molecule has 2 aliphatic rings. The Kier molecular flexibility index (Phi) is 3.53. The highest BCUT2D eigenvalue weighted by molar-refractivity contribution is 5.83. The van der Waals surface area contributed by atoms with Gasteiger partial charge in [-0.05, 0) is 54.3 Å². The summed E-state index contributed by atoms with van der Waals surface area (Å²) in [6.07, 6.45) is 7.81. The van der Waals surface area contributed by atoms with Crippen molar-refractivity contribution in [3.05, 3.63) is 108 Å². The van der Waals surface area contributed by atoms with Crippen LogP contribution in [-0.2, 0) is 0 Å². The molecule has 1 aliphatic heterocycles. The molecule has 0 saturated carbocycles. The molecule has 0 N–H and O–H groups in total. The summed E-state index contributed by atoms with van der Waals surface area (Å²) in [7, 11) is 0. The number of allylic oxidation sites excluding steroid dienone is 4. The van der Waals surface area contributed by atoms with Crippen molar-refractivity contribution in [1.29, 1.82) is 0 Å². The SMILES string of the molecule is Cc1cccc(-c2ccc3c(c2)N(c2ccccc2)C2=CC=CCC23)c1. The van der Waals surface area contributed by atoms with Gasteiger partial charge in [0.15, 0.2) is 0 Å². The molecule has 1 nitrogen and oxygen atoms in total. The molecule has 0 bridgehead atoms. The summed E-state index contributed by atoms with van der Waals surface area (Å²) in [5.41, 5.74) is 9.22. The summed E-state index contributed by atoms with van der Waals surface area (Å²) >= 11 is 0. The van der Waals surface area contributed by atoms with Gasteiger partial charge in [-0.25, -0.2) is 0 Å². The van der Waals surface area contributed by atoms with E-state index >= 15 is 0 Å². The van der Waals surface area contributed by atoms with Gasteiger partial charge in [0.2, 0.25) is 0 Å². The molecule has 0 fully saturated rings. The third kappa shape index (κ3) is 2.40. The number of fused-ring (bicyclic) bond motifs is 3. The molecule has 3 aromatic carbocycles. The fraction of sp³-hybridized carbons (Fsp3) is 0.120. The van der Waals surface area contributed by atoms with E-state index in [-0.39, 0.29) is 0 Å². The Morgan fingerprint density at radius 3 is 2.54 bits per heavy atom. The zero-order chi connectivity index (χ0) is 17.5. The van der Waals surface area contributed by atoms with Gasteiger partial charge in [0.05, 0.1) is 5.69 Å². The molecule has 26 heavy (non-hydrogen) atoms. The first-order valence-electron chi connectivity index (χ1n) is 9.24. The second-order valence-corrected chi connectivity index (χ2v) is 7.12. The summed E-state index contributed by atoms with van der Waals surface area (Å²) in [6, 6.07) is 26.4. The van der Waals surface area contributed by atoms with E-state index < -0.39 is 0 Å². The van der Waals surface area contributed by atoms with E-state index in [1.54, 1.807) is 0 Å². The van der Waals surface area contributed by atoms with E-state index in [2.05, 4.69) is 103 Å². The lowest BCUT2D eigenvalue weighted by Crippen LogP contribution is -2.14. The number of nitrogens with zero attached hydrogens (tertiary/aromatic N) is 1. The second-order valence-electron chi connectivity index (χ2n) is 7.12. The van der Waals surface area contributed by atoms with Crippen molar-refractivity contribution >= 4 is 11.4 Å². The van der Waals surface area contributed by atoms with Gasteiger partial charge in [0.25, 0.3) is 0 Å². The van der Waals surface area contributed by atoms with Gasteiger partial charge in [-0.3, -0.25) is 0 Å². The Bertz CT molecular complexity index is 1030. The van der Waals surface area contributed by atoms with Crippen molar-refractivity contribution in [3.8, 4) is 11.1 Å². The molecule has 1 atom stereocenters. The molecular weight excluding hydrogens is 314 g/mol. The first-order chi connectivity index (χ1) is 12.8. The smallest absolute Gasteiger partial charge is 0.0503 e. The van der Waals surface area contributed by atoms with Gasteiger partial charge < -0.3 is 4.90 Å². The molecule has 0 aromatic heterocycles. The molecule has 3 aromatic rings. The number of hydrogen-bond donors (Lipinski definition) is 0. The van der Waals surface area contributed by atoms with Gasteiger partial charge in [0.1, 0.15) is 0 Å². The van der Waals surface area contributed by atoms with Crippen LogP contribution in [0.5, 0.6) is 0 Å². The van der Waals surface area contributed by atoms with Crippen LogP contribution in [-0.4, -0.2) is 0 Å². The zero-order valence-corrected chi connectivity index (χ0v) is 14.9. The first kappa shape index (κ1) is 15.2. The van der Waals surface area contributed by atoms with Crippen molar-refractivity contribution in [2.24, 2.45) is 0 Å². The van der Waals surface area contributed by atoms with Crippen molar-refractivity contribution < 1.29 is 0 Å². The maximum absolute atomic E-state index is 2.43. The molecule has 0 amide bonds. The van der Waals surface area contributed by atoms with Gasteiger partial charge in [0, 0.05) is 17.3 Å². The van der Waals surface area contributed by atoms with Crippen LogP contribution in [0.25, 0.3) is 11.1 Å². The Balaban J connectivity index is 1.69. The summed E-state index contributed by atoms with van der Waals surface area (Å²) in [6.45, 7) is 2.15. The second kappa shape index (κ2) is 6.03. The minimum Gasteiger partial charge on any atom is -0.313 e. The summed E-state index contributed by atoms with van der Waals surface area (Å²) in [4.78, 5) is 2.43. The number of anilines is 2. The van der Waals surface area contributed by atoms with Crippen LogP contribution in [0.3, 0.4) is 0 Å².